The second-order valence-corrected chi connectivity index (χ2v) is 8.97. The maximum absolute atomic E-state index is 12.7. The van der Waals surface area contributed by atoms with E-state index in [-0.39, 0.29) is 15.4 Å². The molecule has 0 aliphatic heterocycles. The summed E-state index contributed by atoms with van der Waals surface area (Å²) in [5.41, 5.74) is 0.982. The Kier molecular flexibility index (Phi) is 4.51. The molecule has 0 aliphatic carbocycles. The Bertz CT molecular complexity index is 1100. The molecule has 25 heavy (non-hydrogen) atoms. The summed E-state index contributed by atoms with van der Waals surface area (Å²) >= 11 is 0. The summed E-state index contributed by atoms with van der Waals surface area (Å²) < 4.78 is 57.3. The minimum atomic E-state index is -4.33. The van der Waals surface area contributed by atoms with E-state index in [1.807, 2.05) is 0 Å². The van der Waals surface area contributed by atoms with E-state index in [1.165, 1.54) is 30.5 Å². The molecule has 0 fully saturated rings. The van der Waals surface area contributed by atoms with Gasteiger partial charge in [0.25, 0.3) is 20.0 Å². The van der Waals surface area contributed by atoms with Crippen molar-refractivity contribution in [3.8, 4) is 11.3 Å². The lowest BCUT2D eigenvalue weighted by molar-refractivity contribution is 0.571. The average Bonchev–Trinajstić information content (AvgIpc) is 3.08. The van der Waals surface area contributed by atoms with E-state index in [9.17, 15) is 16.8 Å². The summed E-state index contributed by atoms with van der Waals surface area (Å²) in [5.74, 6) is 0.328. The van der Waals surface area contributed by atoms with E-state index in [2.05, 4.69) is 0 Å². The van der Waals surface area contributed by atoms with Crippen molar-refractivity contribution in [2.45, 2.75) is 16.7 Å². The summed E-state index contributed by atoms with van der Waals surface area (Å²) in [6.45, 7) is 1.72. The van der Waals surface area contributed by atoms with Crippen LogP contribution in [0.5, 0.6) is 0 Å². The van der Waals surface area contributed by atoms with Gasteiger partial charge in [-0.2, -0.15) is 0 Å². The van der Waals surface area contributed by atoms with E-state index in [4.69, 9.17) is 4.42 Å². The summed E-state index contributed by atoms with van der Waals surface area (Å²) in [4.78, 5) is -0.298. The van der Waals surface area contributed by atoms with Gasteiger partial charge in [-0.25, -0.2) is 16.8 Å². The van der Waals surface area contributed by atoms with Crippen molar-refractivity contribution >= 4 is 20.0 Å². The smallest absolute Gasteiger partial charge is 0.254 e. The van der Waals surface area contributed by atoms with Gasteiger partial charge in [0.15, 0.2) is 0 Å². The topological polar surface area (TPSA) is 93.5 Å². The first-order chi connectivity index (χ1) is 11.8. The fourth-order valence-corrected chi connectivity index (χ4v) is 5.57. The van der Waals surface area contributed by atoms with E-state index >= 15 is 0 Å². The predicted octanol–water partition coefficient (Wildman–Crippen LogP) is 2.92. The molecule has 0 spiro atoms. The van der Waals surface area contributed by atoms with Gasteiger partial charge in [0.1, 0.15) is 5.76 Å². The van der Waals surface area contributed by atoms with E-state index in [0.29, 0.717) is 11.3 Å². The van der Waals surface area contributed by atoms with Gasteiger partial charge < -0.3 is 4.42 Å². The zero-order chi connectivity index (χ0) is 18.1. The highest BCUT2D eigenvalue weighted by molar-refractivity contribution is 8.04. The fourth-order valence-electron chi connectivity index (χ4n) is 2.36. The van der Waals surface area contributed by atoms with Gasteiger partial charge in [0.05, 0.1) is 16.1 Å². The third-order valence-electron chi connectivity index (χ3n) is 3.48. The first-order valence-corrected chi connectivity index (χ1v) is 10.2. The quantitative estimate of drug-likeness (QED) is 0.738. The summed E-state index contributed by atoms with van der Waals surface area (Å²) in [6, 6.07) is 15.3. The molecule has 0 unspecified atom stereocenters. The number of rotatable bonds is 5. The van der Waals surface area contributed by atoms with Crippen LogP contribution in [0.15, 0.2) is 81.1 Å². The van der Waals surface area contributed by atoms with Crippen molar-refractivity contribution < 1.29 is 21.3 Å². The molecule has 2 aromatic carbocycles. The Labute approximate surface area is 146 Å². The van der Waals surface area contributed by atoms with Crippen molar-refractivity contribution in [3.63, 3.8) is 0 Å². The van der Waals surface area contributed by atoms with Crippen LogP contribution in [0.4, 0.5) is 0 Å². The predicted molar refractivity (Wildman–Crippen MR) is 92.8 cm³/mol. The second-order valence-electron chi connectivity index (χ2n) is 5.38. The minimum Gasteiger partial charge on any atom is -0.464 e. The molecule has 0 atom stereocenters. The number of nitrogens with one attached hydrogen (secondary N) is 1. The van der Waals surface area contributed by atoms with Gasteiger partial charge in [0.2, 0.25) is 0 Å². The minimum absolute atomic E-state index is 0.119. The Morgan fingerprint density at radius 1 is 0.840 bits per heavy atom. The van der Waals surface area contributed by atoms with Crippen LogP contribution in [0.2, 0.25) is 0 Å². The molecule has 130 valence electrons. The van der Waals surface area contributed by atoms with Crippen LogP contribution < -0.4 is 4.13 Å². The SMILES string of the molecule is Cc1cccc(S(=O)(=O)NS(=O)(=O)c2ccccc2-c2ccco2)c1. The Hall–Kier alpha value is -2.42. The molecule has 0 amide bonds. The van der Waals surface area contributed by atoms with Crippen LogP contribution in [-0.4, -0.2) is 16.8 Å². The maximum atomic E-state index is 12.7. The van der Waals surface area contributed by atoms with Crippen molar-refractivity contribution in [1.29, 1.82) is 0 Å². The molecule has 6 nitrogen and oxygen atoms in total. The molecule has 3 aromatic rings. The molecule has 0 bridgehead atoms. The van der Waals surface area contributed by atoms with Crippen LogP contribution in [0.25, 0.3) is 11.3 Å². The zero-order valence-corrected chi connectivity index (χ0v) is 14.8. The fraction of sp³-hybridized carbons (Fsp3) is 0.0588. The Balaban J connectivity index is 2.04. The lowest BCUT2D eigenvalue weighted by atomic mass is 10.2. The molecule has 0 aliphatic rings. The maximum Gasteiger partial charge on any atom is 0.254 e. The Morgan fingerprint density at radius 3 is 2.28 bits per heavy atom. The highest BCUT2D eigenvalue weighted by Gasteiger charge is 2.27. The van der Waals surface area contributed by atoms with Gasteiger partial charge in [0, 0.05) is 5.56 Å². The highest BCUT2D eigenvalue weighted by atomic mass is 32.3. The van der Waals surface area contributed by atoms with Gasteiger partial charge in [-0.1, -0.05) is 24.3 Å². The zero-order valence-electron chi connectivity index (χ0n) is 13.2. The number of hydrogen-bond acceptors (Lipinski definition) is 5. The molecular formula is C17H15NO5S2. The van der Waals surface area contributed by atoms with Gasteiger partial charge in [-0.3, -0.25) is 0 Å². The van der Waals surface area contributed by atoms with Gasteiger partial charge in [-0.05, 0) is 48.9 Å². The standard InChI is InChI=1S/C17H15NO5S2/c1-13-6-4-7-14(12-13)24(19,20)18-25(21,22)17-10-3-2-8-15(17)16-9-5-11-23-16/h2-12,18H,1H3. The number of furan rings is 1. The number of hydrogen-bond donors (Lipinski definition) is 1. The van der Waals surface area contributed by atoms with E-state index in [0.717, 1.165) is 0 Å². The molecule has 3 rings (SSSR count). The van der Waals surface area contributed by atoms with Gasteiger partial charge in [-0.15, -0.1) is 4.13 Å². The third kappa shape index (κ3) is 3.65. The molecule has 0 radical (unpaired) electrons. The first kappa shape index (κ1) is 17.4. The van der Waals surface area contributed by atoms with Crippen LogP contribution >= 0.6 is 0 Å². The Morgan fingerprint density at radius 2 is 1.60 bits per heavy atom. The molecular weight excluding hydrogens is 362 g/mol. The molecule has 0 saturated heterocycles. The van der Waals surface area contributed by atoms with Crippen LogP contribution in [0.1, 0.15) is 5.56 Å². The molecule has 1 aromatic heterocycles. The van der Waals surface area contributed by atoms with Crippen molar-refractivity contribution in [2.24, 2.45) is 0 Å². The third-order valence-corrected chi connectivity index (χ3v) is 7.05. The summed E-state index contributed by atoms with van der Waals surface area (Å²) in [7, 11) is -8.58. The number of aryl methyl sites for hydroxylation is 1. The highest BCUT2D eigenvalue weighted by Crippen LogP contribution is 2.28. The van der Waals surface area contributed by atoms with Gasteiger partial charge >= 0.3 is 0 Å². The largest absolute Gasteiger partial charge is 0.464 e. The van der Waals surface area contributed by atoms with Crippen LogP contribution in [0.3, 0.4) is 0 Å². The molecule has 1 heterocycles. The number of sulfonamides is 2. The second kappa shape index (κ2) is 6.47. The van der Waals surface area contributed by atoms with Crippen molar-refractivity contribution in [1.82, 2.24) is 4.13 Å². The molecule has 0 saturated carbocycles. The average molecular weight is 377 g/mol. The van der Waals surface area contributed by atoms with E-state index in [1.54, 1.807) is 47.4 Å². The first-order valence-electron chi connectivity index (χ1n) is 7.28. The van der Waals surface area contributed by atoms with Crippen molar-refractivity contribution in [3.05, 3.63) is 72.5 Å². The van der Waals surface area contributed by atoms with E-state index < -0.39 is 20.0 Å². The molecule has 1 N–H and O–H groups in total. The normalized spacial score (nSPS) is 12.2. The van der Waals surface area contributed by atoms with Crippen LogP contribution in [0, 0.1) is 6.92 Å². The molecule has 8 heteroatoms. The van der Waals surface area contributed by atoms with Crippen LogP contribution in [-0.2, 0) is 20.0 Å². The summed E-state index contributed by atoms with van der Waals surface area (Å²) in [5, 5.41) is 0. The lowest BCUT2D eigenvalue weighted by Crippen LogP contribution is -2.31. The van der Waals surface area contributed by atoms with Crippen molar-refractivity contribution in [2.75, 3.05) is 0 Å². The number of benzene rings is 2. The lowest BCUT2D eigenvalue weighted by Gasteiger charge is -2.11. The summed E-state index contributed by atoms with van der Waals surface area (Å²) in [6.07, 6.45) is 1.41. The monoisotopic (exact) mass is 377 g/mol.